The summed E-state index contributed by atoms with van der Waals surface area (Å²) in [6, 6.07) is 9.55. The van der Waals surface area contributed by atoms with Crippen LogP contribution in [0.3, 0.4) is 0 Å². The number of carbonyl (C=O) groups excluding carboxylic acids is 1. The number of carbonyl (C=O) groups is 1. The van der Waals surface area contributed by atoms with Crippen LogP contribution in [0.5, 0.6) is 0 Å². The summed E-state index contributed by atoms with van der Waals surface area (Å²) in [7, 11) is 0. The Bertz CT molecular complexity index is 476. The Balaban J connectivity index is 2.20. The first-order valence-corrected chi connectivity index (χ1v) is 6.46. The lowest BCUT2D eigenvalue weighted by Gasteiger charge is -2.31. The normalized spacial score (nSPS) is 19.3. The standard InChI is InChI=1S/C15H18N2O/c1-12-5-4-10-17(11-12)15(18)14-7-3-2-6-13(14)8-9-16/h2-3,6-7,12H,4-5,8,10-11H2,1H3. The number of nitrogens with zero attached hydrogens (tertiary/aromatic N) is 2. The first-order chi connectivity index (χ1) is 8.72. The van der Waals surface area contributed by atoms with Crippen molar-refractivity contribution in [2.24, 2.45) is 5.92 Å². The first kappa shape index (κ1) is 12.6. The van der Waals surface area contributed by atoms with E-state index in [1.165, 1.54) is 6.42 Å². The second-order valence-electron chi connectivity index (χ2n) is 4.99. The molecule has 3 heteroatoms. The van der Waals surface area contributed by atoms with Gasteiger partial charge in [0, 0.05) is 18.7 Å². The highest BCUT2D eigenvalue weighted by atomic mass is 16.2. The Kier molecular flexibility index (Phi) is 3.99. The van der Waals surface area contributed by atoms with Crippen LogP contribution in [0.25, 0.3) is 0 Å². The molecule has 1 fully saturated rings. The van der Waals surface area contributed by atoms with Crippen molar-refractivity contribution >= 4 is 5.91 Å². The van der Waals surface area contributed by atoms with Gasteiger partial charge in [-0.3, -0.25) is 4.79 Å². The van der Waals surface area contributed by atoms with Crippen molar-refractivity contribution in [1.82, 2.24) is 4.90 Å². The minimum absolute atomic E-state index is 0.0763. The van der Waals surface area contributed by atoms with Gasteiger partial charge in [-0.2, -0.15) is 5.26 Å². The van der Waals surface area contributed by atoms with Gasteiger partial charge in [-0.25, -0.2) is 0 Å². The maximum absolute atomic E-state index is 12.5. The van der Waals surface area contributed by atoms with E-state index in [1.54, 1.807) is 0 Å². The number of likely N-dealkylation sites (tertiary alicyclic amines) is 1. The predicted molar refractivity (Wildman–Crippen MR) is 70.1 cm³/mol. The molecule has 0 aliphatic carbocycles. The SMILES string of the molecule is CC1CCCN(C(=O)c2ccccc2CC#N)C1. The van der Waals surface area contributed by atoms with Crippen LogP contribution in [0.2, 0.25) is 0 Å². The smallest absolute Gasteiger partial charge is 0.254 e. The molecule has 1 aliphatic rings. The summed E-state index contributed by atoms with van der Waals surface area (Å²) in [4.78, 5) is 14.4. The third-order valence-corrected chi connectivity index (χ3v) is 3.46. The van der Waals surface area contributed by atoms with Crippen LogP contribution < -0.4 is 0 Å². The van der Waals surface area contributed by atoms with Gasteiger partial charge in [0.15, 0.2) is 0 Å². The van der Waals surface area contributed by atoms with Gasteiger partial charge < -0.3 is 4.90 Å². The lowest BCUT2D eigenvalue weighted by atomic mass is 9.98. The van der Waals surface area contributed by atoms with Crippen LogP contribution in [-0.2, 0) is 6.42 Å². The van der Waals surface area contributed by atoms with Crippen LogP contribution in [0.1, 0.15) is 35.7 Å². The number of benzene rings is 1. The number of hydrogen-bond donors (Lipinski definition) is 0. The molecule has 1 heterocycles. The minimum atomic E-state index is 0.0763. The molecule has 0 spiro atoms. The molecule has 0 bridgehead atoms. The van der Waals surface area contributed by atoms with Gasteiger partial charge in [0.25, 0.3) is 5.91 Å². The molecule has 0 saturated carbocycles. The van der Waals surface area contributed by atoms with Gasteiger partial charge in [0.2, 0.25) is 0 Å². The van der Waals surface area contributed by atoms with E-state index in [2.05, 4.69) is 13.0 Å². The lowest BCUT2D eigenvalue weighted by molar-refractivity contribution is 0.0682. The molecule has 1 atom stereocenters. The van der Waals surface area contributed by atoms with Crippen molar-refractivity contribution in [2.45, 2.75) is 26.2 Å². The molecule has 1 saturated heterocycles. The zero-order valence-corrected chi connectivity index (χ0v) is 10.7. The van der Waals surface area contributed by atoms with E-state index >= 15 is 0 Å². The summed E-state index contributed by atoms with van der Waals surface area (Å²) in [5.41, 5.74) is 1.52. The Morgan fingerprint density at radius 2 is 2.28 bits per heavy atom. The van der Waals surface area contributed by atoms with Gasteiger partial charge in [0.1, 0.15) is 0 Å². The van der Waals surface area contributed by atoms with Crippen molar-refractivity contribution in [3.63, 3.8) is 0 Å². The zero-order chi connectivity index (χ0) is 13.0. The molecular formula is C15H18N2O. The molecule has 1 aliphatic heterocycles. The Morgan fingerprint density at radius 1 is 1.50 bits per heavy atom. The quantitative estimate of drug-likeness (QED) is 0.800. The van der Waals surface area contributed by atoms with Crippen molar-refractivity contribution in [3.05, 3.63) is 35.4 Å². The number of amides is 1. The molecule has 2 rings (SSSR count). The first-order valence-electron chi connectivity index (χ1n) is 6.46. The van der Waals surface area contributed by atoms with E-state index in [9.17, 15) is 4.79 Å². The van der Waals surface area contributed by atoms with Gasteiger partial charge in [-0.15, -0.1) is 0 Å². The summed E-state index contributed by atoms with van der Waals surface area (Å²) in [5, 5.41) is 8.80. The van der Waals surface area contributed by atoms with E-state index in [1.807, 2.05) is 29.2 Å². The Hall–Kier alpha value is -1.82. The molecule has 18 heavy (non-hydrogen) atoms. The summed E-state index contributed by atoms with van der Waals surface area (Å²) < 4.78 is 0. The fraction of sp³-hybridized carbons (Fsp3) is 0.467. The van der Waals surface area contributed by atoms with Crippen LogP contribution in [0.15, 0.2) is 24.3 Å². The highest BCUT2D eigenvalue weighted by molar-refractivity contribution is 5.95. The van der Waals surface area contributed by atoms with Gasteiger partial charge in [-0.1, -0.05) is 25.1 Å². The molecule has 1 unspecified atom stereocenters. The number of nitriles is 1. The van der Waals surface area contributed by atoms with Crippen LogP contribution in [0, 0.1) is 17.2 Å². The monoisotopic (exact) mass is 242 g/mol. The van der Waals surface area contributed by atoms with Crippen LogP contribution in [0.4, 0.5) is 0 Å². The summed E-state index contributed by atoms with van der Waals surface area (Å²) in [6.07, 6.45) is 2.57. The van der Waals surface area contributed by atoms with Gasteiger partial charge in [-0.05, 0) is 30.4 Å². The second kappa shape index (κ2) is 5.68. The van der Waals surface area contributed by atoms with E-state index < -0.39 is 0 Å². The zero-order valence-electron chi connectivity index (χ0n) is 10.7. The highest BCUT2D eigenvalue weighted by Crippen LogP contribution is 2.19. The average molecular weight is 242 g/mol. The molecule has 94 valence electrons. The molecule has 0 N–H and O–H groups in total. The van der Waals surface area contributed by atoms with Crippen LogP contribution in [-0.4, -0.2) is 23.9 Å². The Labute approximate surface area is 108 Å². The topological polar surface area (TPSA) is 44.1 Å². The average Bonchev–Trinajstić information content (AvgIpc) is 2.39. The second-order valence-corrected chi connectivity index (χ2v) is 4.99. The van der Waals surface area contributed by atoms with Crippen LogP contribution >= 0.6 is 0 Å². The molecule has 0 radical (unpaired) electrons. The molecule has 3 nitrogen and oxygen atoms in total. The number of hydrogen-bond acceptors (Lipinski definition) is 2. The molecule has 1 amide bonds. The van der Waals surface area contributed by atoms with Gasteiger partial charge in [0.05, 0.1) is 12.5 Å². The third-order valence-electron chi connectivity index (χ3n) is 3.46. The van der Waals surface area contributed by atoms with E-state index in [-0.39, 0.29) is 5.91 Å². The maximum atomic E-state index is 12.5. The number of piperidine rings is 1. The maximum Gasteiger partial charge on any atom is 0.254 e. The fourth-order valence-electron chi connectivity index (χ4n) is 2.51. The fourth-order valence-corrected chi connectivity index (χ4v) is 2.51. The molecule has 0 aromatic heterocycles. The minimum Gasteiger partial charge on any atom is -0.338 e. The van der Waals surface area contributed by atoms with Crippen molar-refractivity contribution in [2.75, 3.05) is 13.1 Å². The molecular weight excluding hydrogens is 224 g/mol. The van der Waals surface area contributed by atoms with Crippen molar-refractivity contribution < 1.29 is 4.79 Å². The molecule has 1 aromatic rings. The number of rotatable bonds is 2. The Morgan fingerprint density at radius 3 is 3.00 bits per heavy atom. The van der Waals surface area contributed by atoms with Gasteiger partial charge >= 0.3 is 0 Å². The van der Waals surface area contributed by atoms with E-state index in [4.69, 9.17) is 5.26 Å². The summed E-state index contributed by atoms with van der Waals surface area (Å²) >= 11 is 0. The van der Waals surface area contributed by atoms with Crippen molar-refractivity contribution in [3.8, 4) is 6.07 Å². The summed E-state index contributed by atoms with van der Waals surface area (Å²) in [6.45, 7) is 3.85. The van der Waals surface area contributed by atoms with E-state index in [0.717, 1.165) is 25.1 Å². The molecule has 1 aromatic carbocycles. The third kappa shape index (κ3) is 2.70. The van der Waals surface area contributed by atoms with Crippen molar-refractivity contribution in [1.29, 1.82) is 5.26 Å². The summed E-state index contributed by atoms with van der Waals surface area (Å²) in [5.74, 6) is 0.651. The predicted octanol–water partition coefficient (Wildman–Crippen LogP) is 2.62. The lowest BCUT2D eigenvalue weighted by Crippen LogP contribution is -2.39. The highest BCUT2D eigenvalue weighted by Gasteiger charge is 2.23. The van der Waals surface area contributed by atoms with E-state index in [0.29, 0.717) is 17.9 Å². The largest absolute Gasteiger partial charge is 0.338 e.